The summed E-state index contributed by atoms with van der Waals surface area (Å²) in [5.74, 6) is 0.275. The van der Waals surface area contributed by atoms with Crippen LogP contribution in [0.25, 0.3) is 5.69 Å². The predicted octanol–water partition coefficient (Wildman–Crippen LogP) is 2.03. The standard InChI is InChI=1S/C13H16N2O2S/c1-9(2)8-14-12(16)15(18-13(14)17)11-6-4-10(3)5-7-11/h4-7,9H,8H2,1-3H3. The molecule has 2 aromatic rings. The summed E-state index contributed by atoms with van der Waals surface area (Å²) >= 11 is 0.953. The first kappa shape index (κ1) is 12.8. The highest BCUT2D eigenvalue weighted by atomic mass is 32.1. The number of nitrogens with zero attached hydrogens (tertiary/aromatic N) is 2. The van der Waals surface area contributed by atoms with E-state index in [1.807, 2.05) is 45.0 Å². The lowest BCUT2D eigenvalue weighted by molar-refractivity contribution is 0.501. The Morgan fingerprint density at radius 3 is 2.33 bits per heavy atom. The number of rotatable bonds is 3. The minimum atomic E-state index is -0.248. The summed E-state index contributed by atoms with van der Waals surface area (Å²) < 4.78 is 2.75. The summed E-state index contributed by atoms with van der Waals surface area (Å²) in [5.41, 5.74) is 1.62. The van der Waals surface area contributed by atoms with Crippen molar-refractivity contribution in [3.05, 3.63) is 50.0 Å². The lowest BCUT2D eigenvalue weighted by atomic mass is 10.2. The van der Waals surface area contributed by atoms with Gasteiger partial charge in [-0.3, -0.25) is 4.79 Å². The molecule has 4 nitrogen and oxygen atoms in total. The van der Waals surface area contributed by atoms with Crippen molar-refractivity contribution >= 4 is 11.5 Å². The zero-order valence-electron chi connectivity index (χ0n) is 10.7. The molecule has 0 bridgehead atoms. The molecule has 0 radical (unpaired) electrons. The van der Waals surface area contributed by atoms with E-state index in [-0.39, 0.29) is 16.5 Å². The average molecular weight is 264 g/mol. The Kier molecular flexibility index (Phi) is 3.52. The van der Waals surface area contributed by atoms with E-state index in [0.29, 0.717) is 6.54 Å². The Bertz CT molecular complexity index is 647. The summed E-state index contributed by atoms with van der Waals surface area (Å²) in [6, 6.07) is 7.57. The van der Waals surface area contributed by atoms with E-state index in [4.69, 9.17) is 0 Å². The zero-order valence-corrected chi connectivity index (χ0v) is 11.5. The van der Waals surface area contributed by atoms with Crippen molar-refractivity contribution in [2.45, 2.75) is 27.3 Å². The van der Waals surface area contributed by atoms with E-state index in [1.165, 1.54) is 8.52 Å². The molecule has 2 rings (SSSR count). The van der Waals surface area contributed by atoms with E-state index in [1.54, 1.807) is 0 Å². The van der Waals surface area contributed by atoms with E-state index in [2.05, 4.69) is 0 Å². The quantitative estimate of drug-likeness (QED) is 0.851. The highest BCUT2D eigenvalue weighted by Gasteiger charge is 2.12. The third kappa shape index (κ3) is 2.46. The summed E-state index contributed by atoms with van der Waals surface area (Å²) in [6.07, 6.45) is 0. The molecule has 96 valence electrons. The molecule has 0 saturated carbocycles. The molecule has 0 atom stereocenters. The monoisotopic (exact) mass is 264 g/mol. The largest absolute Gasteiger partial charge is 0.345 e. The fraction of sp³-hybridized carbons (Fsp3) is 0.385. The van der Waals surface area contributed by atoms with Crippen LogP contribution < -0.4 is 10.6 Å². The molecular weight excluding hydrogens is 248 g/mol. The Morgan fingerprint density at radius 1 is 1.17 bits per heavy atom. The van der Waals surface area contributed by atoms with Gasteiger partial charge in [0.25, 0.3) is 0 Å². The molecule has 0 saturated heterocycles. The second kappa shape index (κ2) is 4.94. The van der Waals surface area contributed by atoms with Crippen LogP contribution in [0, 0.1) is 12.8 Å². The molecule has 0 aliphatic heterocycles. The lowest BCUT2D eigenvalue weighted by Crippen LogP contribution is -2.30. The van der Waals surface area contributed by atoms with Crippen LogP contribution in [0.5, 0.6) is 0 Å². The van der Waals surface area contributed by atoms with Crippen molar-refractivity contribution < 1.29 is 0 Å². The van der Waals surface area contributed by atoms with Crippen molar-refractivity contribution in [1.82, 2.24) is 8.52 Å². The topological polar surface area (TPSA) is 44.0 Å². The molecule has 1 heterocycles. The lowest BCUT2D eigenvalue weighted by Gasteiger charge is -2.03. The molecule has 1 aromatic heterocycles. The molecule has 5 heteroatoms. The van der Waals surface area contributed by atoms with Gasteiger partial charge in [-0.15, -0.1) is 0 Å². The Morgan fingerprint density at radius 2 is 1.78 bits per heavy atom. The van der Waals surface area contributed by atoms with E-state index in [9.17, 15) is 9.59 Å². The first-order valence-electron chi connectivity index (χ1n) is 5.89. The Balaban J connectivity index is 2.50. The molecule has 1 aromatic carbocycles. The minimum absolute atomic E-state index is 0.200. The van der Waals surface area contributed by atoms with Crippen LogP contribution >= 0.6 is 11.5 Å². The van der Waals surface area contributed by atoms with Gasteiger partial charge < -0.3 is 0 Å². The van der Waals surface area contributed by atoms with Gasteiger partial charge in [0.15, 0.2) is 0 Å². The summed E-state index contributed by atoms with van der Waals surface area (Å²) in [5, 5.41) is 0. The van der Waals surface area contributed by atoms with Gasteiger partial charge in [0.1, 0.15) is 0 Å². The first-order valence-corrected chi connectivity index (χ1v) is 6.66. The fourth-order valence-electron chi connectivity index (χ4n) is 1.72. The van der Waals surface area contributed by atoms with Gasteiger partial charge >= 0.3 is 10.6 Å². The van der Waals surface area contributed by atoms with Gasteiger partial charge in [0.05, 0.1) is 5.69 Å². The molecule has 0 N–H and O–H groups in total. The number of benzene rings is 1. The molecule has 0 fully saturated rings. The SMILES string of the molecule is Cc1ccc(-n2sc(=O)n(CC(C)C)c2=O)cc1. The third-order valence-corrected chi connectivity index (χ3v) is 3.54. The fourth-order valence-corrected chi connectivity index (χ4v) is 2.53. The summed E-state index contributed by atoms with van der Waals surface area (Å²) in [7, 11) is 0. The van der Waals surface area contributed by atoms with Gasteiger partial charge in [0.2, 0.25) is 0 Å². The second-order valence-corrected chi connectivity index (χ2v) is 5.67. The average Bonchev–Trinajstić information content (AvgIpc) is 2.58. The van der Waals surface area contributed by atoms with Crippen molar-refractivity contribution in [2.75, 3.05) is 0 Å². The molecule has 18 heavy (non-hydrogen) atoms. The first-order chi connectivity index (χ1) is 8.49. The maximum atomic E-state index is 12.1. The van der Waals surface area contributed by atoms with E-state index >= 15 is 0 Å². The molecule has 0 amide bonds. The molecule has 0 aliphatic carbocycles. The van der Waals surface area contributed by atoms with Crippen LogP contribution in [0.3, 0.4) is 0 Å². The van der Waals surface area contributed by atoms with Crippen LogP contribution in [0.2, 0.25) is 0 Å². The van der Waals surface area contributed by atoms with Crippen LogP contribution in [0.15, 0.2) is 33.9 Å². The molecular formula is C13H16N2O2S. The van der Waals surface area contributed by atoms with E-state index in [0.717, 1.165) is 22.8 Å². The number of hydrogen-bond donors (Lipinski definition) is 0. The molecule has 0 unspecified atom stereocenters. The highest BCUT2D eigenvalue weighted by Crippen LogP contribution is 2.08. The van der Waals surface area contributed by atoms with Crippen molar-refractivity contribution in [1.29, 1.82) is 0 Å². The second-order valence-electron chi connectivity index (χ2n) is 4.77. The maximum Gasteiger partial charge on any atom is 0.345 e. The highest BCUT2D eigenvalue weighted by molar-refractivity contribution is 7.03. The van der Waals surface area contributed by atoms with Crippen molar-refractivity contribution in [2.24, 2.45) is 5.92 Å². The maximum absolute atomic E-state index is 12.1. The van der Waals surface area contributed by atoms with Gasteiger partial charge in [0, 0.05) is 18.1 Å². The smallest absolute Gasteiger partial charge is 0.255 e. The zero-order chi connectivity index (χ0) is 13.3. The predicted molar refractivity (Wildman–Crippen MR) is 73.8 cm³/mol. The van der Waals surface area contributed by atoms with Gasteiger partial charge in [-0.05, 0) is 25.0 Å². The van der Waals surface area contributed by atoms with E-state index < -0.39 is 0 Å². The number of aryl methyl sites for hydroxylation is 1. The van der Waals surface area contributed by atoms with Gasteiger partial charge in [-0.2, -0.15) is 0 Å². The Labute approximate surface area is 109 Å². The number of hydrogen-bond acceptors (Lipinski definition) is 3. The van der Waals surface area contributed by atoms with Gasteiger partial charge in [-0.25, -0.2) is 13.3 Å². The number of aromatic nitrogens is 2. The van der Waals surface area contributed by atoms with Crippen LogP contribution in [0.4, 0.5) is 0 Å². The third-order valence-electron chi connectivity index (χ3n) is 2.61. The van der Waals surface area contributed by atoms with Crippen LogP contribution in [0.1, 0.15) is 19.4 Å². The normalized spacial score (nSPS) is 11.1. The Hall–Kier alpha value is -1.62. The van der Waals surface area contributed by atoms with Crippen molar-refractivity contribution in [3.63, 3.8) is 0 Å². The summed E-state index contributed by atoms with van der Waals surface area (Å²) in [4.78, 5) is 23.7. The van der Waals surface area contributed by atoms with Gasteiger partial charge in [-0.1, -0.05) is 31.5 Å². The summed E-state index contributed by atoms with van der Waals surface area (Å²) in [6.45, 7) is 6.42. The minimum Gasteiger partial charge on any atom is -0.255 e. The van der Waals surface area contributed by atoms with Crippen LogP contribution in [-0.4, -0.2) is 8.52 Å². The molecule has 0 spiro atoms. The molecule has 0 aliphatic rings. The van der Waals surface area contributed by atoms with Crippen LogP contribution in [-0.2, 0) is 6.54 Å². The van der Waals surface area contributed by atoms with Crippen molar-refractivity contribution in [3.8, 4) is 5.69 Å².